The van der Waals surface area contributed by atoms with Crippen LogP contribution in [0, 0.1) is 17.0 Å². The van der Waals surface area contributed by atoms with Gasteiger partial charge in [-0.25, -0.2) is 13.1 Å². The molecule has 0 aliphatic rings. The molecule has 3 N–H and O–H groups in total. The van der Waals surface area contributed by atoms with Gasteiger partial charge in [-0.1, -0.05) is 0 Å². The van der Waals surface area contributed by atoms with E-state index in [-0.39, 0.29) is 12.2 Å². The van der Waals surface area contributed by atoms with Gasteiger partial charge >= 0.3 is 0 Å². The van der Waals surface area contributed by atoms with Crippen molar-refractivity contribution in [2.75, 3.05) is 5.73 Å². The number of nitrogen functional groups attached to an aromatic ring is 1. The summed E-state index contributed by atoms with van der Waals surface area (Å²) in [6, 6.07) is 5.36. The smallest absolute Gasteiger partial charge is 0.291 e. The van der Waals surface area contributed by atoms with Gasteiger partial charge < -0.3 is 5.73 Å². The van der Waals surface area contributed by atoms with Crippen molar-refractivity contribution in [1.29, 1.82) is 0 Å². The number of aryl methyl sites for hydroxylation is 1. The molecular weight excluding hydrogens is 314 g/mol. The summed E-state index contributed by atoms with van der Waals surface area (Å²) in [5, 5.41) is 12.8. The highest BCUT2D eigenvalue weighted by molar-refractivity contribution is 7.89. The van der Waals surface area contributed by atoms with Gasteiger partial charge in [-0.05, 0) is 36.1 Å². The number of nitrogens with one attached hydrogen (secondary N) is 1. The van der Waals surface area contributed by atoms with Crippen molar-refractivity contribution in [2.24, 2.45) is 0 Å². The minimum Gasteiger partial charge on any atom is -0.399 e. The predicted molar refractivity (Wildman–Crippen MR) is 80.6 cm³/mol. The lowest BCUT2D eigenvalue weighted by molar-refractivity contribution is -0.387. The molecule has 7 nitrogen and oxygen atoms in total. The summed E-state index contributed by atoms with van der Waals surface area (Å²) in [4.78, 5) is 10.7. The van der Waals surface area contributed by atoms with E-state index in [2.05, 4.69) is 4.72 Å². The highest BCUT2D eigenvalue weighted by atomic mass is 32.2. The van der Waals surface area contributed by atoms with Gasteiger partial charge in [0.2, 0.25) is 10.0 Å². The van der Waals surface area contributed by atoms with Crippen LogP contribution in [0.3, 0.4) is 0 Å². The fourth-order valence-corrected chi connectivity index (χ4v) is 3.81. The first-order valence-electron chi connectivity index (χ1n) is 5.88. The van der Waals surface area contributed by atoms with Crippen LogP contribution >= 0.6 is 11.3 Å². The van der Waals surface area contributed by atoms with E-state index in [0.717, 1.165) is 22.6 Å². The van der Waals surface area contributed by atoms with E-state index in [9.17, 15) is 18.5 Å². The van der Waals surface area contributed by atoms with E-state index in [1.54, 1.807) is 0 Å². The standard InChI is InChI=1S/C12H13N3O4S2/c1-8-4-5-20-11(8)7-14-21(18,19)12-3-2-9(13)6-10(12)15(16)17/h2-6,14H,7,13H2,1H3. The summed E-state index contributed by atoms with van der Waals surface area (Å²) in [5.74, 6) is 0. The van der Waals surface area contributed by atoms with E-state index >= 15 is 0 Å². The topological polar surface area (TPSA) is 115 Å². The lowest BCUT2D eigenvalue weighted by Crippen LogP contribution is -2.24. The van der Waals surface area contributed by atoms with Crippen molar-refractivity contribution in [2.45, 2.75) is 18.4 Å². The van der Waals surface area contributed by atoms with Crippen LogP contribution < -0.4 is 10.5 Å². The van der Waals surface area contributed by atoms with E-state index < -0.39 is 25.5 Å². The second kappa shape index (κ2) is 5.80. The van der Waals surface area contributed by atoms with Gasteiger partial charge in [0.1, 0.15) is 0 Å². The highest BCUT2D eigenvalue weighted by Gasteiger charge is 2.25. The van der Waals surface area contributed by atoms with Crippen LogP contribution in [0.5, 0.6) is 0 Å². The van der Waals surface area contributed by atoms with Crippen molar-refractivity contribution < 1.29 is 13.3 Å². The Bertz CT molecular complexity index is 784. The SMILES string of the molecule is Cc1ccsc1CNS(=O)(=O)c1ccc(N)cc1[N+](=O)[O-]. The number of benzene rings is 1. The Morgan fingerprint density at radius 3 is 2.67 bits per heavy atom. The van der Waals surface area contributed by atoms with Crippen molar-refractivity contribution in [3.05, 3.63) is 50.2 Å². The molecule has 0 spiro atoms. The van der Waals surface area contributed by atoms with E-state index in [4.69, 9.17) is 5.73 Å². The van der Waals surface area contributed by atoms with E-state index in [1.807, 2.05) is 18.4 Å². The van der Waals surface area contributed by atoms with Crippen molar-refractivity contribution in [1.82, 2.24) is 4.72 Å². The molecule has 21 heavy (non-hydrogen) atoms. The molecule has 2 aromatic rings. The molecule has 112 valence electrons. The number of anilines is 1. The summed E-state index contributed by atoms with van der Waals surface area (Å²) in [5.41, 5.74) is 6.03. The van der Waals surface area contributed by atoms with Gasteiger partial charge in [0.15, 0.2) is 4.90 Å². The number of nitrogens with zero attached hydrogens (tertiary/aromatic N) is 1. The first-order valence-corrected chi connectivity index (χ1v) is 8.24. The molecule has 1 heterocycles. The molecule has 1 aromatic carbocycles. The second-order valence-electron chi connectivity index (χ2n) is 4.34. The summed E-state index contributed by atoms with van der Waals surface area (Å²) in [6.45, 7) is 1.96. The van der Waals surface area contributed by atoms with Crippen LogP contribution in [0.15, 0.2) is 34.5 Å². The molecule has 0 aliphatic carbocycles. The maximum absolute atomic E-state index is 12.2. The van der Waals surface area contributed by atoms with E-state index in [1.165, 1.54) is 17.4 Å². The number of nitro benzene ring substituents is 1. The first-order chi connectivity index (χ1) is 9.81. The Morgan fingerprint density at radius 1 is 1.38 bits per heavy atom. The minimum atomic E-state index is -3.99. The fourth-order valence-electron chi connectivity index (χ4n) is 1.73. The monoisotopic (exact) mass is 327 g/mol. The number of nitrogens with two attached hydrogens (primary N) is 1. The van der Waals surface area contributed by atoms with Crippen LogP contribution in [0.2, 0.25) is 0 Å². The molecule has 0 saturated carbocycles. The van der Waals surface area contributed by atoms with Crippen LogP contribution in [0.25, 0.3) is 0 Å². The van der Waals surface area contributed by atoms with Crippen LogP contribution in [0.4, 0.5) is 11.4 Å². The molecule has 0 bridgehead atoms. The zero-order chi connectivity index (χ0) is 15.6. The molecule has 0 amide bonds. The van der Waals surface area contributed by atoms with Crippen LogP contribution in [0.1, 0.15) is 10.4 Å². The lowest BCUT2D eigenvalue weighted by atomic mass is 10.3. The molecule has 0 radical (unpaired) electrons. The molecule has 0 aliphatic heterocycles. The molecule has 0 unspecified atom stereocenters. The minimum absolute atomic E-state index is 0.0906. The Labute approximate surface area is 125 Å². The summed E-state index contributed by atoms with van der Waals surface area (Å²) >= 11 is 1.42. The number of sulfonamides is 1. The maximum Gasteiger partial charge on any atom is 0.291 e. The molecule has 1 aromatic heterocycles. The normalized spacial score (nSPS) is 11.5. The summed E-state index contributed by atoms with van der Waals surface area (Å²) in [6.07, 6.45) is 0. The zero-order valence-corrected chi connectivity index (χ0v) is 12.7. The van der Waals surface area contributed by atoms with Gasteiger partial charge in [0, 0.05) is 23.2 Å². The molecule has 9 heteroatoms. The molecule has 2 rings (SSSR count). The van der Waals surface area contributed by atoms with Crippen LogP contribution in [-0.4, -0.2) is 13.3 Å². The maximum atomic E-state index is 12.2. The second-order valence-corrected chi connectivity index (χ2v) is 7.07. The third-order valence-corrected chi connectivity index (χ3v) is 5.33. The fraction of sp³-hybridized carbons (Fsp3) is 0.167. The Morgan fingerprint density at radius 2 is 2.10 bits per heavy atom. The van der Waals surface area contributed by atoms with Crippen molar-refractivity contribution >= 4 is 32.7 Å². The van der Waals surface area contributed by atoms with Gasteiger partial charge in [-0.2, -0.15) is 0 Å². The zero-order valence-electron chi connectivity index (χ0n) is 11.1. The third kappa shape index (κ3) is 3.38. The van der Waals surface area contributed by atoms with Crippen molar-refractivity contribution in [3.63, 3.8) is 0 Å². The molecular formula is C12H13N3O4S2. The molecule has 0 atom stereocenters. The number of hydrogen-bond acceptors (Lipinski definition) is 6. The first kappa shape index (κ1) is 15.4. The Hall–Kier alpha value is -1.97. The quantitative estimate of drug-likeness (QED) is 0.495. The summed E-state index contributed by atoms with van der Waals surface area (Å²) in [7, 11) is -3.99. The molecule has 0 fully saturated rings. The van der Waals surface area contributed by atoms with Gasteiger partial charge in [-0.3, -0.25) is 10.1 Å². The van der Waals surface area contributed by atoms with Crippen LogP contribution in [-0.2, 0) is 16.6 Å². The Kier molecular flexibility index (Phi) is 4.26. The summed E-state index contributed by atoms with van der Waals surface area (Å²) < 4.78 is 26.8. The van der Waals surface area contributed by atoms with E-state index in [0.29, 0.717) is 0 Å². The van der Waals surface area contributed by atoms with Gasteiger partial charge in [0.25, 0.3) is 5.69 Å². The molecule has 0 saturated heterocycles. The third-order valence-electron chi connectivity index (χ3n) is 2.86. The average molecular weight is 327 g/mol. The largest absolute Gasteiger partial charge is 0.399 e. The highest BCUT2D eigenvalue weighted by Crippen LogP contribution is 2.26. The number of hydrogen-bond donors (Lipinski definition) is 2. The number of rotatable bonds is 5. The Balaban J connectivity index is 2.32. The van der Waals surface area contributed by atoms with Gasteiger partial charge in [-0.15, -0.1) is 11.3 Å². The number of thiophene rings is 1. The number of nitro groups is 1. The van der Waals surface area contributed by atoms with Gasteiger partial charge in [0.05, 0.1) is 4.92 Å². The average Bonchev–Trinajstić information content (AvgIpc) is 2.81. The predicted octanol–water partition coefficient (Wildman–Crippen LogP) is 2.03. The van der Waals surface area contributed by atoms with Crippen molar-refractivity contribution in [3.8, 4) is 0 Å². The lowest BCUT2D eigenvalue weighted by Gasteiger charge is -2.07.